The number of nitrogens with zero attached hydrogens (tertiary/aromatic N) is 2. The van der Waals surface area contributed by atoms with Crippen molar-refractivity contribution in [2.45, 2.75) is 6.92 Å². The van der Waals surface area contributed by atoms with Crippen LogP contribution in [-0.4, -0.2) is 25.8 Å². The van der Waals surface area contributed by atoms with Gasteiger partial charge in [-0.1, -0.05) is 11.6 Å². The molecule has 1 N–H and O–H groups in total. The summed E-state index contributed by atoms with van der Waals surface area (Å²) in [5.41, 5.74) is 2.32. The Kier molecular flexibility index (Phi) is 5.17. The molecule has 2 aromatic rings. The quantitative estimate of drug-likeness (QED) is 0.685. The van der Waals surface area contributed by atoms with Crippen molar-refractivity contribution in [3.63, 3.8) is 0 Å². The fourth-order valence-electron chi connectivity index (χ4n) is 1.91. The molecule has 2 aromatic carbocycles. The maximum atomic E-state index is 12.1. The van der Waals surface area contributed by atoms with E-state index in [0.717, 1.165) is 17.2 Å². The van der Waals surface area contributed by atoms with Crippen molar-refractivity contribution in [1.29, 1.82) is 0 Å². The third-order valence-corrected chi connectivity index (χ3v) is 3.68. The number of hydrogen-bond acceptors (Lipinski definition) is 2. The summed E-state index contributed by atoms with van der Waals surface area (Å²) in [7, 11) is 3.70. The lowest BCUT2D eigenvalue weighted by Gasteiger charge is -2.18. The maximum absolute atomic E-state index is 12.1. The Morgan fingerprint density at radius 3 is 2.23 bits per heavy atom. The van der Waals surface area contributed by atoms with Gasteiger partial charge in [-0.15, -0.1) is 0 Å². The van der Waals surface area contributed by atoms with Crippen LogP contribution in [0.1, 0.15) is 17.3 Å². The number of amidine groups is 1. The number of nitrogens with one attached hydrogen (secondary N) is 1. The van der Waals surface area contributed by atoms with Crippen LogP contribution >= 0.6 is 11.6 Å². The van der Waals surface area contributed by atoms with Crippen LogP contribution in [-0.2, 0) is 0 Å². The predicted octanol–water partition coefficient (Wildman–Crippen LogP) is 4.08. The molecule has 0 bridgehead atoms. The molecule has 0 saturated heterocycles. The van der Waals surface area contributed by atoms with Crippen LogP contribution in [0.15, 0.2) is 53.5 Å². The van der Waals surface area contributed by atoms with Crippen LogP contribution in [0.25, 0.3) is 0 Å². The number of hydrogen-bond donors (Lipinski definition) is 1. The second kappa shape index (κ2) is 7.09. The second-order valence-corrected chi connectivity index (χ2v) is 5.27. The van der Waals surface area contributed by atoms with Gasteiger partial charge in [-0.3, -0.25) is 9.79 Å². The van der Waals surface area contributed by atoms with E-state index >= 15 is 0 Å². The summed E-state index contributed by atoms with van der Waals surface area (Å²) in [6.45, 7) is 1.94. The van der Waals surface area contributed by atoms with Gasteiger partial charge >= 0.3 is 0 Å². The van der Waals surface area contributed by atoms with Crippen molar-refractivity contribution in [3.8, 4) is 0 Å². The van der Waals surface area contributed by atoms with Crippen LogP contribution < -0.4 is 10.2 Å². The summed E-state index contributed by atoms with van der Waals surface area (Å²) in [5, 5.41) is 3.46. The fourth-order valence-corrected chi connectivity index (χ4v) is 2.04. The van der Waals surface area contributed by atoms with E-state index in [9.17, 15) is 4.79 Å². The highest BCUT2D eigenvalue weighted by Gasteiger charge is 2.07. The van der Waals surface area contributed by atoms with E-state index in [4.69, 9.17) is 11.6 Å². The Balaban J connectivity index is 2.08. The minimum Gasteiger partial charge on any atom is -0.334 e. The van der Waals surface area contributed by atoms with Crippen molar-refractivity contribution < 1.29 is 4.79 Å². The largest absolute Gasteiger partial charge is 0.334 e. The van der Waals surface area contributed by atoms with E-state index in [0.29, 0.717) is 10.6 Å². The van der Waals surface area contributed by atoms with Crippen molar-refractivity contribution in [1.82, 2.24) is 0 Å². The summed E-state index contributed by atoms with van der Waals surface area (Å²) >= 11 is 5.82. The summed E-state index contributed by atoms with van der Waals surface area (Å²) in [4.78, 5) is 18.2. The number of halogens is 1. The minimum absolute atomic E-state index is 0.163. The first-order chi connectivity index (χ1) is 10.5. The molecule has 0 unspecified atom stereocenters. The van der Waals surface area contributed by atoms with E-state index < -0.39 is 0 Å². The Labute approximate surface area is 135 Å². The molecular weight excluding hydrogens is 298 g/mol. The molecule has 1 amide bonds. The molecule has 22 heavy (non-hydrogen) atoms. The first kappa shape index (κ1) is 16.0. The second-order valence-electron chi connectivity index (χ2n) is 4.84. The van der Waals surface area contributed by atoms with Crippen LogP contribution in [0.2, 0.25) is 5.02 Å². The van der Waals surface area contributed by atoms with Crippen LogP contribution in [0.4, 0.5) is 11.4 Å². The van der Waals surface area contributed by atoms with E-state index in [-0.39, 0.29) is 5.91 Å². The molecule has 2 rings (SSSR count). The highest BCUT2D eigenvalue weighted by Crippen LogP contribution is 2.18. The maximum Gasteiger partial charge on any atom is 0.255 e. The average molecular weight is 316 g/mol. The van der Waals surface area contributed by atoms with Crippen LogP contribution in [0, 0.1) is 0 Å². The smallest absolute Gasteiger partial charge is 0.255 e. The van der Waals surface area contributed by atoms with Gasteiger partial charge in [0.1, 0.15) is 0 Å². The van der Waals surface area contributed by atoms with Gasteiger partial charge in [-0.05, 0) is 55.5 Å². The molecule has 0 aliphatic heterocycles. The Morgan fingerprint density at radius 2 is 1.68 bits per heavy atom. The molecule has 114 valence electrons. The topological polar surface area (TPSA) is 44.7 Å². The zero-order chi connectivity index (χ0) is 16.1. The number of amides is 1. The predicted molar refractivity (Wildman–Crippen MR) is 93.3 cm³/mol. The number of carbonyl (C=O) groups is 1. The standard InChI is InChI=1S/C17H18ClN3O/c1-12(19-2)21(3)16-10-8-15(9-11-16)20-17(22)13-4-6-14(18)7-5-13/h4-11H,1-3H3,(H,20,22). The summed E-state index contributed by atoms with van der Waals surface area (Å²) in [6.07, 6.45) is 0. The van der Waals surface area contributed by atoms with Gasteiger partial charge in [0.05, 0.1) is 5.84 Å². The first-order valence-corrected chi connectivity index (χ1v) is 7.23. The molecule has 0 heterocycles. The van der Waals surface area contributed by atoms with Crippen molar-refractivity contribution in [2.24, 2.45) is 4.99 Å². The number of rotatable bonds is 3. The number of anilines is 2. The molecule has 5 heteroatoms. The zero-order valence-corrected chi connectivity index (χ0v) is 13.6. The lowest BCUT2D eigenvalue weighted by Crippen LogP contribution is -2.23. The van der Waals surface area contributed by atoms with Crippen LogP contribution in [0.3, 0.4) is 0 Å². The molecule has 0 saturated carbocycles. The molecule has 0 aliphatic rings. The molecule has 4 nitrogen and oxygen atoms in total. The molecule has 0 spiro atoms. The van der Waals surface area contributed by atoms with Gasteiger partial charge in [-0.25, -0.2) is 0 Å². The van der Waals surface area contributed by atoms with Gasteiger partial charge in [-0.2, -0.15) is 0 Å². The lowest BCUT2D eigenvalue weighted by atomic mass is 10.2. The minimum atomic E-state index is -0.163. The molecule has 0 aliphatic carbocycles. The molecule has 0 fully saturated rings. The fraction of sp³-hybridized carbons (Fsp3) is 0.176. The van der Waals surface area contributed by atoms with Gasteiger partial charge < -0.3 is 10.2 Å². The molecule has 0 atom stereocenters. The highest BCUT2D eigenvalue weighted by molar-refractivity contribution is 6.30. The van der Waals surface area contributed by atoms with Crippen molar-refractivity contribution >= 4 is 34.7 Å². The summed E-state index contributed by atoms with van der Waals surface area (Å²) in [6, 6.07) is 14.4. The van der Waals surface area contributed by atoms with E-state index in [1.54, 1.807) is 31.3 Å². The Morgan fingerprint density at radius 1 is 1.09 bits per heavy atom. The number of aliphatic imine (C=N–C) groups is 1. The summed E-state index contributed by atoms with van der Waals surface area (Å²) in [5.74, 6) is 0.752. The van der Waals surface area contributed by atoms with E-state index in [2.05, 4.69) is 10.3 Å². The summed E-state index contributed by atoms with van der Waals surface area (Å²) < 4.78 is 0. The third kappa shape index (κ3) is 3.86. The molecule has 0 aromatic heterocycles. The van der Waals surface area contributed by atoms with Crippen LogP contribution in [0.5, 0.6) is 0 Å². The first-order valence-electron chi connectivity index (χ1n) is 6.85. The lowest BCUT2D eigenvalue weighted by molar-refractivity contribution is 0.102. The monoisotopic (exact) mass is 315 g/mol. The van der Waals surface area contributed by atoms with E-state index in [1.165, 1.54) is 0 Å². The Bertz CT molecular complexity index is 678. The Hall–Kier alpha value is -2.33. The highest BCUT2D eigenvalue weighted by atomic mass is 35.5. The van der Waals surface area contributed by atoms with Crippen molar-refractivity contribution in [3.05, 3.63) is 59.1 Å². The SMILES string of the molecule is CN=C(C)N(C)c1ccc(NC(=O)c2ccc(Cl)cc2)cc1. The van der Waals surface area contributed by atoms with Gasteiger partial charge in [0, 0.05) is 36.1 Å². The van der Waals surface area contributed by atoms with Crippen molar-refractivity contribution in [2.75, 3.05) is 24.3 Å². The average Bonchev–Trinajstić information content (AvgIpc) is 2.54. The normalized spacial score (nSPS) is 11.2. The molecular formula is C17H18ClN3O. The zero-order valence-electron chi connectivity index (χ0n) is 12.8. The third-order valence-electron chi connectivity index (χ3n) is 3.43. The van der Waals surface area contributed by atoms with Gasteiger partial charge in [0.2, 0.25) is 0 Å². The van der Waals surface area contributed by atoms with E-state index in [1.807, 2.05) is 43.1 Å². The number of carbonyl (C=O) groups excluding carboxylic acids is 1. The number of benzene rings is 2. The molecule has 0 radical (unpaired) electrons. The van der Waals surface area contributed by atoms with Gasteiger partial charge in [0.25, 0.3) is 5.91 Å². The van der Waals surface area contributed by atoms with Gasteiger partial charge in [0.15, 0.2) is 0 Å².